The third-order valence-electron chi connectivity index (χ3n) is 9.11. The van der Waals surface area contributed by atoms with Gasteiger partial charge in [0, 0.05) is 6.20 Å². The minimum atomic E-state index is -0.568. The third-order valence-corrected chi connectivity index (χ3v) is 9.11. The average Bonchev–Trinajstić information content (AvgIpc) is 3.50. The number of para-hydroxylation sites is 1. The topological polar surface area (TPSA) is 30.7 Å². The van der Waals surface area contributed by atoms with Crippen LogP contribution in [0.25, 0.3) is 50.1 Å². The van der Waals surface area contributed by atoms with E-state index in [1.165, 1.54) is 44.2 Å². The van der Waals surface area contributed by atoms with E-state index in [0.717, 1.165) is 28.2 Å². The molecular weight excluding hydrogens is 534 g/mol. The van der Waals surface area contributed by atoms with Crippen molar-refractivity contribution in [2.45, 2.75) is 5.41 Å². The van der Waals surface area contributed by atoms with Crippen molar-refractivity contribution in [3.05, 3.63) is 186 Å². The number of benzene rings is 6. The van der Waals surface area contributed by atoms with Crippen LogP contribution in [0.5, 0.6) is 0 Å². The Bertz CT molecular complexity index is 2280. The number of rotatable bonds is 4. The monoisotopic (exact) mass is 561 g/mol. The van der Waals surface area contributed by atoms with Crippen LogP contribution in [-0.2, 0) is 5.41 Å². The number of aromatic nitrogens is 3. The van der Waals surface area contributed by atoms with Gasteiger partial charge in [-0.05, 0) is 80.6 Å². The molecule has 1 aliphatic rings. The molecule has 8 aromatic rings. The fourth-order valence-corrected chi connectivity index (χ4v) is 7.22. The molecule has 0 bridgehead atoms. The molecule has 0 spiro atoms. The number of fused-ring (bicyclic) bond motifs is 3. The number of pyridine rings is 1. The molecule has 206 valence electrons. The van der Waals surface area contributed by atoms with Crippen LogP contribution in [-0.4, -0.2) is 14.5 Å². The van der Waals surface area contributed by atoms with Crippen molar-refractivity contribution in [3.63, 3.8) is 0 Å². The summed E-state index contributed by atoms with van der Waals surface area (Å²) in [4.78, 5) is 9.96. The summed E-state index contributed by atoms with van der Waals surface area (Å²) in [6, 6.07) is 56.7. The summed E-state index contributed by atoms with van der Waals surface area (Å²) in [5.41, 5.74) is 10.7. The lowest BCUT2D eigenvalue weighted by atomic mass is 9.63. The van der Waals surface area contributed by atoms with Crippen molar-refractivity contribution in [1.29, 1.82) is 0 Å². The first-order valence-electron chi connectivity index (χ1n) is 15.0. The zero-order valence-corrected chi connectivity index (χ0v) is 23.9. The second-order valence-corrected chi connectivity index (χ2v) is 11.4. The first kappa shape index (κ1) is 24.8. The molecule has 2 aromatic heterocycles. The summed E-state index contributed by atoms with van der Waals surface area (Å²) >= 11 is 0. The van der Waals surface area contributed by atoms with Gasteiger partial charge in [0.1, 0.15) is 5.69 Å². The maximum atomic E-state index is 5.22. The molecule has 0 amide bonds. The van der Waals surface area contributed by atoms with Crippen molar-refractivity contribution in [3.8, 4) is 28.3 Å². The smallest absolute Gasteiger partial charge is 0.164 e. The van der Waals surface area contributed by atoms with E-state index in [2.05, 4.69) is 144 Å². The lowest BCUT2D eigenvalue weighted by molar-refractivity contribution is 0.725. The van der Waals surface area contributed by atoms with E-state index < -0.39 is 5.41 Å². The first-order valence-corrected chi connectivity index (χ1v) is 15.0. The highest BCUT2D eigenvalue weighted by Gasteiger charge is 2.45. The zero-order chi connectivity index (χ0) is 29.1. The number of imidazole rings is 1. The van der Waals surface area contributed by atoms with Crippen molar-refractivity contribution >= 4 is 21.8 Å². The maximum absolute atomic E-state index is 5.22. The Morgan fingerprint density at radius 3 is 1.93 bits per heavy atom. The van der Waals surface area contributed by atoms with E-state index in [1.54, 1.807) is 0 Å². The average molecular weight is 562 g/mol. The van der Waals surface area contributed by atoms with Gasteiger partial charge >= 0.3 is 0 Å². The van der Waals surface area contributed by atoms with Crippen LogP contribution < -0.4 is 0 Å². The van der Waals surface area contributed by atoms with Crippen molar-refractivity contribution < 1.29 is 0 Å². The molecule has 6 aromatic carbocycles. The van der Waals surface area contributed by atoms with Crippen molar-refractivity contribution in [1.82, 2.24) is 14.5 Å². The van der Waals surface area contributed by atoms with E-state index in [4.69, 9.17) is 9.97 Å². The van der Waals surface area contributed by atoms with Crippen molar-refractivity contribution in [2.75, 3.05) is 0 Å². The molecule has 0 aliphatic carbocycles. The van der Waals surface area contributed by atoms with Gasteiger partial charge in [0.2, 0.25) is 0 Å². The molecule has 44 heavy (non-hydrogen) atoms. The maximum Gasteiger partial charge on any atom is 0.164 e. The Morgan fingerprint density at radius 1 is 0.500 bits per heavy atom. The highest BCUT2D eigenvalue weighted by Crippen LogP contribution is 2.54. The molecule has 3 heteroatoms. The molecule has 0 unspecified atom stereocenters. The molecule has 3 heterocycles. The fourth-order valence-electron chi connectivity index (χ4n) is 7.22. The van der Waals surface area contributed by atoms with Crippen LogP contribution in [0.4, 0.5) is 0 Å². The van der Waals surface area contributed by atoms with E-state index in [9.17, 15) is 0 Å². The number of hydrogen-bond donors (Lipinski definition) is 0. The summed E-state index contributed by atoms with van der Waals surface area (Å²) < 4.78 is 2.33. The van der Waals surface area contributed by atoms with Gasteiger partial charge < -0.3 is 0 Å². The van der Waals surface area contributed by atoms with Gasteiger partial charge in [0.15, 0.2) is 5.82 Å². The van der Waals surface area contributed by atoms with Gasteiger partial charge in [-0.2, -0.15) is 0 Å². The van der Waals surface area contributed by atoms with Crippen LogP contribution in [0.1, 0.15) is 22.3 Å². The number of hydrogen-bond acceptors (Lipinski definition) is 2. The quantitative estimate of drug-likeness (QED) is 0.214. The van der Waals surface area contributed by atoms with Gasteiger partial charge in [-0.15, -0.1) is 0 Å². The van der Waals surface area contributed by atoms with E-state index in [-0.39, 0.29) is 0 Å². The molecule has 0 fully saturated rings. The third kappa shape index (κ3) is 3.50. The summed E-state index contributed by atoms with van der Waals surface area (Å²) in [7, 11) is 0. The molecular formula is C41H27N3. The Morgan fingerprint density at radius 2 is 1.18 bits per heavy atom. The van der Waals surface area contributed by atoms with Gasteiger partial charge in [0.05, 0.1) is 22.1 Å². The summed E-state index contributed by atoms with van der Waals surface area (Å²) in [6.07, 6.45) is 1.84. The molecule has 0 N–H and O–H groups in total. The normalized spacial score (nSPS) is 13.2. The molecule has 3 nitrogen and oxygen atoms in total. The van der Waals surface area contributed by atoms with Crippen LogP contribution >= 0.6 is 0 Å². The summed E-state index contributed by atoms with van der Waals surface area (Å²) in [5, 5.41) is 2.48. The van der Waals surface area contributed by atoms with Crippen molar-refractivity contribution in [2.24, 2.45) is 0 Å². The van der Waals surface area contributed by atoms with E-state index in [0.29, 0.717) is 0 Å². The molecule has 0 radical (unpaired) electrons. The Balaban J connectivity index is 1.44. The molecule has 0 atom stereocenters. The van der Waals surface area contributed by atoms with Gasteiger partial charge in [0.25, 0.3) is 0 Å². The Hall–Kier alpha value is -5.80. The SMILES string of the molecule is c1ccc(C2(c3ccccc3)c3cc(-c4ccc5ccccc5c4)ccc3-n3c(-c4ccccn4)nc4cccc2c43)cc1. The van der Waals surface area contributed by atoms with Crippen LogP contribution in [0.2, 0.25) is 0 Å². The van der Waals surface area contributed by atoms with Gasteiger partial charge in [-0.25, -0.2) is 4.98 Å². The second-order valence-electron chi connectivity index (χ2n) is 11.4. The predicted molar refractivity (Wildman–Crippen MR) is 179 cm³/mol. The lowest BCUT2D eigenvalue weighted by Gasteiger charge is -2.41. The Kier molecular flexibility index (Phi) is 5.41. The molecule has 1 aliphatic heterocycles. The molecule has 9 rings (SSSR count). The lowest BCUT2D eigenvalue weighted by Crippen LogP contribution is -2.35. The standard InChI is InChI=1S/C41H27N3/c1-3-14-32(15-4-1)41(33-16-5-2-6-17-33)34-18-11-20-36-39(34)44(40(43-36)37-19-9-10-25-42-37)38-24-23-31(27-35(38)41)30-22-21-28-12-7-8-13-29(28)26-30/h1-27H. The van der Waals surface area contributed by atoms with Crippen LogP contribution in [0.3, 0.4) is 0 Å². The van der Waals surface area contributed by atoms with E-state index in [1.807, 2.05) is 24.4 Å². The largest absolute Gasteiger partial charge is 0.290 e. The van der Waals surface area contributed by atoms with Crippen LogP contribution in [0.15, 0.2) is 164 Å². The van der Waals surface area contributed by atoms with E-state index >= 15 is 0 Å². The predicted octanol–water partition coefficient (Wildman–Crippen LogP) is 9.60. The highest BCUT2D eigenvalue weighted by molar-refractivity contribution is 5.93. The minimum Gasteiger partial charge on any atom is -0.290 e. The Labute approximate surface area is 255 Å². The van der Waals surface area contributed by atoms with Crippen LogP contribution in [0, 0.1) is 0 Å². The zero-order valence-electron chi connectivity index (χ0n) is 23.9. The summed E-state index contributed by atoms with van der Waals surface area (Å²) in [6.45, 7) is 0. The molecule has 0 saturated carbocycles. The van der Waals surface area contributed by atoms with Gasteiger partial charge in [-0.1, -0.05) is 121 Å². The van der Waals surface area contributed by atoms with Gasteiger partial charge in [-0.3, -0.25) is 9.55 Å². The molecule has 0 saturated heterocycles. The second kappa shape index (κ2) is 9.62. The summed E-state index contributed by atoms with van der Waals surface area (Å²) in [5.74, 6) is 0.850. The highest BCUT2D eigenvalue weighted by atomic mass is 15.1. The first-order chi connectivity index (χ1) is 21.8. The fraction of sp³-hybridized carbons (Fsp3) is 0.0244. The minimum absolute atomic E-state index is 0.568. The number of nitrogens with zero attached hydrogens (tertiary/aromatic N) is 3.